The number of nitrogens with one attached hydrogen (secondary N) is 1. The van der Waals surface area contributed by atoms with Crippen molar-refractivity contribution in [2.24, 2.45) is 15.3 Å². The Morgan fingerprint density at radius 2 is 1.46 bits per heavy atom. The summed E-state index contributed by atoms with van der Waals surface area (Å²) in [5.74, 6) is 0.396. The molecule has 0 saturated carbocycles. The normalized spacial score (nSPS) is 11.5. The van der Waals surface area contributed by atoms with Crippen molar-refractivity contribution in [3.63, 3.8) is 0 Å². The van der Waals surface area contributed by atoms with Crippen molar-refractivity contribution in [2.75, 3.05) is 5.43 Å². The molecule has 0 radical (unpaired) electrons. The maximum atomic E-state index is 10.7. The number of non-ortho nitro benzene ring substituents is 1. The van der Waals surface area contributed by atoms with E-state index in [1.54, 1.807) is 12.1 Å². The molecule has 26 heavy (non-hydrogen) atoms. The van der Waals surface area contributed by atoms with Gasteiger partial charge in [-0.3, -0.25) is 15.5 Å². The third-order valence-electron chi connectivity index (χ3n) is 3.42. The minimum Gasteiger partial charge on any atom is -0.276 e. The zero-order valence-corrected chi connectivity index (χ0v) is 13.7. The first-order chi connectivity index (χ1) is 12.7. The number of anilines is 1. The van der Waals surface area contributed by atoms with Crippen molar-refractivity contribution in [3.05, 3.63) is 101 Å². The fourth-order valence-corrected chi connectivity index (χ4v) is 2.11. The van der Waals surface area contributed by atoms with Crippen molar-refractivity contribution < 1.29 is 4.92 Å². The van der Waals surface area contributed by atoms with Crippen LogP contribution in [0.1, 0.15) is 5.56 Å². The van der Waals surface area contributed by atoms with Gasteiger partial charge in [-0.2, -0.15) is 5.10 Å². The average Bonchev–Trinajstić information content (AvgIpc) is 2.70. The number of rotatable bonds is 5. The summed E-state index contributed by atoms with van der Waals surface area (Å²) in [6.45, 7) is 0. The summed E-state index contributed by atoms with van der Waals surface area (Å²) in [6.07, 6.45) is 0. The smallest absolute Gasteiger partial charge is 0.269 e. The molecule has 0 spiro atoms. The van der Waals surface area contributed by atoms with Crippen LogP contribution in [0.3, 0.4) is 0 Å². The molecule has 0 unspecified atom stereocenters. The van der Waals surface area contributed by atoms with E-state index in [1.807, 2.05) is 60.7 Å². The Kier molecular flexibility index (Phi) is 5.41. The number of nitro benzene ring substituents is 1. The Bertz CT molecular complexity index is 923. The van der Waals surface area contributed by atoms with Gasteiger partial charge < -0.3 is 0 Å². The second-order valence-electron chi connectivity index (χ2n) is 5.25. The summed E-state index contributed by atoms with van der Waals surface area (Å²) < 4.78 is 0. The van der Waals surface area contributed by atoms with Gasteiger partial charge in [-0.15, -0.1) is 10.2 Å². The predicted octanol–water partition coefficient (Wildman–Crippen LogP) is 5.15. The second-order valence-corrected chi connectivity index (χ2v) is 5.25. The summed E-state index contributed by atoms with van der Waals surface area (Å²) >= 11 is 0. The van der Waals surface area contributed by atoms with Crippen LogP contribution >= 0.6 is 0 Å². The van der Waals surface area contributed by atoms with Crippen molar-refractivity contribution >= 4 is 22.9 Å². The van der Waals surface area contributed by atoms with E-state index >= 15 is 0 Å². The molecule has 128 valence electrons. The fraction of sp³-hybridized carbons (Fsp3) is 0. The summed E-state index contributed by atoms with van der Waals surface area (Å²) in [6, 6.07) is 24.7. The largest absolute Gasteiger partial charge is 0.276 e. The highest BCUT2D eigenvalue weighted by atomic mass is 16.6. The molecule has 0 aliphatic rings. The van der Waals surface area contributed by atoms with Gasteiger partial charge in [0.2, 0.25) is 5.84 Å². The maximum Gasteiger partial charge on any atom is 0.269 e. The molecule has 0 bridgehead atoms. The van der Waals surface area contributed by atoms with Gasteiger partial charge >= 0.3 is 0 Å². The van der Waals surface area contributed by atoms with E-state index < -0.39 is 4.92 Å². The Hall–Kier alpha value is -3.87. The van der Waals surface area contributed by atoms with Gasteiger partial charge in [-0.25, -0.2) is 0 Å². The lowest BCUT2D eigenvalue weighted by molar-refractivity contribution is -0.384. The van der Waals surface area contributed by atoms with Crippen LogP contribution in [0.4, 0.5) is 17.1 Å². The lowest BCUT2D eigenvalue weighted by Crippen LogP contribution is -2.01. The summed E-state index contributed by atoms with van der Waals surface area (Å²) in [7, 11) is 0. The van der Waals surface area contributed by atoms with Crippen LogP contribution in [-0.4, -0.2) is 10.8 Å². The number of nitrogens with zero attached hydrogens (tertiary/aromatic N) is 4. The van der Waals surface area contributed by atoms with E-state index in [4.69, 9.17) is 0 Å². The van der Waals surface area contributed by atoms with Gasteiger partial charge in [0.15, 0.2) is 0 Å². The Morgan fingerprint density at radius 3 is 2.08 bits per heavy atom. The monoisotopic (exact) mass is 345 g/mol. The van der Waals surface area contributed by atoms with E-state index in [0.29, 0.717) is 17.2 Å². The van der Waals surface area contributed by atoms with E-state index in [-0.39, 0.29) is 5.69 Å². The zero-order valence-electron chi connectivity index (χ0n) is 13.7. The average molecular weight is 345 g/mol. The van der Waals surface area contributed by atoms with Crippen LogP contribution in [0.25, 0.3) is 0 Å². The third-order valence-corrected chi connectivity index (χ3v) is 3.42. The molecule has 3 aromatic carbocycles. The molecule has 3 rings (SSSR count). The SMILES string of the molecule is O=[N+]([O-])c1ccc(N/N=C(/N=N/c2ccccc2)c2ccccc2)cc1. The third kappa shape index (κ3) is 4.57. The summed E-state index contributed by atoms with van der Waals surface area (Å²) in [5.41, 5.74) is 4.99. The standard InChI is InChI=1S/C19H15N5O2/c25-24(26)18-13-11-17(12-14-18)21-23-19(15-7-3-1-4-8-15)22-20-16-9-5-2-6-10-16/h1-14,21H/b22-20+,23-19+. The number of hydrogen-bond acceptors (Lipinski definition) is 5. The molecule has 3 aromatic rings. The van der Waals surface area contributed by atoms with Gasteiger partial charge in [0, 0.05) is 17.7 Å². The highest BCUT2D eigenvalue weighted by molar-refractivity contribution is 5.99. The van der Waals surface area contributed by atoms with Crippen molar-refractivity contribution in [2.45, 2.75) is 0 Å². The van der Waals surface area contributed by atoms with E-state index in [9.17, 15) is 10.1 Å². The molecule has 0 aliphatic heterocycles. The fourth-order valence-electron chi connectivity index (χ4n) is 2.11. The molecule has 0 aliphatic carbocycles. The summed E-state index contributed by atoms with van der Waals surface area (Å²) in [4.78, 5) is 10.3. The highest BCUT2D eigenvalue weighted by Gasteiger charge is 2.05. The molecule has 0 saturated heterocycles. The maximum absolute atomic E-state index is 10.7. The van der Waals surface area contributed by atoms with Crippen LogP contribution in [0.5, 0.6) is 0 Å². The van der Waals surface area contributed by atoms with Crippen molar-refractivity contribution in [1.29, 1.82) is 0 Å². The van der Waals surface area contributed by atoms with Crippen LogP contribution in [0, 0.1) is 10.1 Å². The number of nitro groups is 1. The van der Waals surface area contributed by atoms with Crippen LogP contribution in [0.15, 0.2) is 100 Å². The Labute approximate surface area is 149 Å². The first kappa shape index (κ1) is 17.0. The van der Waals surface area contributed by atoms with E-state index in [0.717, 1.165) is 5.56 Å². The van der Waals surface area contributed by atoms with Gasteiger partial charge in [0.1, 0.15) is 0 Å². The number of hydrazone groups is 1. The minimum atomic E-state index is -0.448. The molecule has 0 fully saturated rings. The van der Waals surface area contributed by atoms with Crippen molar-refractivity contribution in [1.82, 2.24) is 0 Å². The van der Waals surface area contributed by atoms with Crippen LogP contribution in [-0.2, 0) is 0 Å². The Morgan fingerprint density at radius 1 is 0.846 bits per heavy atom. The molecule has 7 heteroatoms. The first-order valence-corrected chi connectivity index (χ1v) is 7.83. The van der Waals surface area contributed by atoms with E-state index in [1.165, 1.54) is 12.1 Å². The van der Waals surface area contributed by atoms with Gasteiger partial charge in [-0.1, -0.05) is 48.5 Å². The molecule has 1 N–H and O–H groups in total. The van der Waals surface area contributed by atoms with Crippen LogP contribution < -0.4 is 5.43 Å². The highest BCUT2D eigenvalue weighted by Crippen LogP contribution is 2.16. The topological polar surface area (TPSA) is 92.2 Å². The zero-order chi connectivity index (χ0) is 18.2. The minimum absolute atomic E-state index is 0.0200. The number of benzene rings is 3. The van der Waals surface area contributed by atoms with Gasteiger partial charge in [0.05, 0.1) is 16.3 Å². The van der Waals surface area contributed by atoms with Gasteiger partial charge in [-0.05, 0) is 24.3 Å². The number of hydrogen-bond donors (Lipinski definition) is 1. The molecule has 0 amide bonds. The molecular weight excluding hydrogens is 330 g/mol. The second kappa shape index (κ2) is 8.29. The van der Waals surface area contributed by atoms with E-state index in [2.05, 4.69) is 20.8 Å². The molecular formula is C19H15N5O2. The number of azo groups is 1. The lowest BCUT2D eigenvalue weighted by atomic mass is 10.2. The quantitative estimate of drug-likeness (QED) is 0.228. The van der Waals surface area contributed by atoms with Crippen LogP contribution in [0.2, 0.25) is 0 Å². The number of amidine groups is 1. The van der Waals surface area contributed by atoms with Gasteiger partial charge in [0.25, 0.3) is 5.69 Å². The Balaban J connectivity index is 1.84. The van der Waals surface area contributed by atoms with Crippen molar-refractivity contribution in [3.8, 4) is 0 Å². The molecule has 0 atom stereocenters. The predicted molar refractivity (Wildman–Crippen MR) is 101 cm³/mol. The molecule has 0 heterocycles. The lowest BCUT2D eigenvalue weighted by Gasteiger charge is -2.03. The molecule has 0 aromatic heterocycles. The summed E-state index contributed by atoms with van der Waals surface area (Å²) in [5, 5.41) is 23.4. The molecule has 7 nitrogen and oxygen atoms in total. The first-order valence-electron chi connectivity index (χ1n) is 7.83.